The molecule has 0 bridgehead atoms. The number of amides is 1. The minimum Gasteiger partial charge on any atom is -0.376 e. The highest BCUT2D eigenvalue weighted by molar-refractivity contribution is 5.79. The number of carbonyl (C=O) groups is 1. The van der Waals surface area contributed by atoms with E-state index in [1.165, 1.54) is 4.57 Å². The van der Waals surface area contributed by atoms with E-state index >= 15 is 0 Å². The second kappa shape index (κ2) is 6.27. The Morgan fingerprint density at radius 1 is 1.45 bits per heavy atom. The first-order valence-corrected chi connectivity index (χ1v) is 7.49. The van der Waals surface area contributed by atoms with E-state index in [-0.39, 0.29) is 24.1 Å². The van der Waals surface area contributed by atoms with Gasteiger partial charge in [0.1, 0.15) is 12.4 Å². The molecule has 1 saturated heterocycles. The third-order valence-electron chi connectivity index (χ3n) is 3.91. The van der Waals surface area contributed by atoms with Crippen LogP contribution >= 0.6 is 0 Å². The van der Waals surface area contributed by atoms with E-state index in [2.05, 4.69) is 10.3 Å². The number of fused-ring (bicyclic) bond motifs is 1. The number of benzene rings is 1. The Balaban J connectivity index is 1.75. The predicted molar refractivity (Wildman–Crippen MR) is 82.7 cm³/mol. The quantitative estimate of drug-likeness (QED) is 0.914. The lowest BCUT2D eigenvalue weighted by atomic mass is 10.2. The van der Waals surface area contributed by atoms with Crippen LogP contribution in [0.25, 0.3) is 10.9 Å². The topological polar surface area (TPSA) is 73.2 Å². The monoisotopic (exact) mass is 301 g/mol. The molecule has 1 atom stereocenters. The third-order valence-corrected chi connectivity index (χ3v) is 3.91. The lowest BCUT2D eigenvalue weighted by Crippen LogP contribution is -2.37. The van der Waals surface area contributed by atoms with Crippen molar-refractivity contribution >= 4 is 16.8 Å². The van der Waals surface area contributed by atoms with Gasteiger partial charge in [0.05, 0.1) is 17.0 Å². The highest BCUT2D eigenvalue weighted by atomic mass is 16.5. The van der Waals surface area contributed by atoms with Crippen LogP contribution in [0, 0.1) is 6.92 Å². The average molecular weight is 301 g/mol. The van der Waals surface area contributed by atoms with Crippen LogP contribution in [0.1, 0.15) is 18.7 Å². The fourth-order valence-electron chi connectivity index (χ4n) is 2.70. The van der Waals surface area contributed by atoms with E-state index in [1.54, 1.807) is 25.1 Å². The van der Waals surface area contributed by atoms with E-state index in [9.17, 15) is 9.59 Å². The van der Waals surface area contributed by atoms with Gasteiger partial charge in [0.2, 0.25) is 5.91 Å². The average Bonchev–Trinajstić information content (AvgIpc) is 3.03. The summed E-state index contributed by atoms with van der Waals surface area (Å²) in [6.07, 6.45) is 2.10. The molecule has 0 saturated carbocycles. The van der Waals surface area contributed by atoms with Crippen molar-refractivity contribution < 1.29 is 9.53 Å². The van der Waals surface area contributed by atoms with Gasteiger partial charge in [-0.25, -0.2) is 4.98 Å². The van der Waals surface area contributed by atoms with Crippen molar-refractivity contribution in [3.05, 3.63) is 40.4 Å². The van der Waals surface area contributed by atoms with Crippen molar-refractivity contribution in [2.75, 3.05) is 13.2 Å². The van der Waals surface area contributed by atoms with E-state index in [1.807, 2.05) is 6.07 Å². The minimum atomic E-state index is -0.196. The van der Waals surface area contributed by atoms with E-state index < -0.39 is 0 Å². The highest BCUT2D eigenvalue weighted by Crippen LogP contribution is 2.10. The summed E-state index contributed by atoms with van der Waals surface area (Å²) in [5, 5.41) is 3.35. The minimum absolute atomic E-state index is 0.0186. The highest BCUT2D eigenvalue weighted by Gasteiger charge is 2.17. The van der Waals surface area contributed by atoms with Crippen molar-refractivity contribution in [2.45, 2.75) is 32.4 Å². The molecule has 1 fully saturated rings. The van der Waals surface area contributed by atoms with Gasteiger partial charge in [0.25, 0.3) is 5.56 Å². The molecule has 2 heterocycles. The van der Waals surface area contributed by atoms with Crippen LogP contribution < -0.4 is 10.9 Å². The van der Waals surface area contributed by atoms with Gasteiger partial charge in [-0.1, -0.05) is 12.1 Å². The first-order chi connectivity index (χ1) is 10.6. The van der Waals surface area contributed by atoms with Crippen LogP contribution in [0.4, 0.5) is 0 Å². The maximum Gasteiger partial charge on any atom is 0.261 e. The number of carbonyl (C=O) groups excluding carboxylic acids is 1. The van der Waals surface area contributed by atoms with Gasteiger partial charge >= 0.3 is 0 Å². The molecule has 1 aromatic heterocycles. The molecule has 6 heteroatoms. The van der Waals surface area contributed by atoms with Crippen molar-refractivity contribution in [1.82, 2.24) is 14.9 Å². The van der Waals surface area contributed by atoms with E-state index in [4.69, 9.17) is 4.74 Å². The van der Waals surface area contributed by atoms with Crippen molar-refractivity contribution in [3.63, 3.8) is 0 Å². The standard InChI is InChI=1S/C16H19N3O3/c1-11-18-14-7-3-2-6-13(14)16(21)19(11)10-15(20)17-9-12-5-4-8-22-12/h2-3,6-7,12H,4-5,8-10H2,1H3,(H,17,20)/t12-/m1/s1. The van der Waals surface area contributed by atoms with E-state index in [0.29, 0.717) is 23.3 Å². The molecule has 1 aromatic carbocycles. The Bertz CT molecular complexity index is 748. The van der Waals surface area contributed by atoms with Gasteiger partial charge in [-0.3, -0.25) is 14.2 Å². The van der Waals surface area contributed by atoms with Crippen molar-refractivity contribution in [3.8, 4) is 0 Å². The molecule has 116 valence electrons. The smallest absolute Gasteiger partial charge is 0.261 e. The molecule has 2 aromatic rings. The Morgan fingerprint density at radius 3 is 3.05 bits per heavy atom. The van der Waals surface area contributed by atoms with Gasteiger partial charge in [0.15, 0.2) is 0 Å². The van der Waals surface area contributed by atoms with Gasteiger partial charge in [0, 0.05) is 13.2 Å². The molecular weight excluding hydrogens is 282 g/mol. The van der Waals surface area contributed by atoms with Crippen LogP contribution in [0.3, 0.4) is 0 Å². The number of aromatic nitrogens is 2. The second-order valence-corrected chi connectivity index (χ2v) is 5.51. The van der Waals surface area contributed by atoms with Gasteiger partial charge in [-0.15, -0.1) is 0 Å². The number of rotatable bonds is 4. The summed E-state index contributed by atoms with van der Waals surface area (Å²) in [4.78, 5) is 28.9. The first kappa shape index (κ1) is 14.7. The van der Waals surface area contributed by atoms with Gasteiger partial charge in [-0.05, 0) is 31.9 Å². The molecule has 1 aliphatic rings. The number of nitrogens with one attached hydrogen (secondary N) is 1. The molecule has 0 radical (unpaired) electrons. The van der Waals surface area contributed by atoms with Crippen LogP contribution in [0.5, 0.6) is 0 Å². The molecule has 1 aliphatic heterocycles. The Morgan fingerprint density at radius 2 is 2.27 bits per heavy atom. The zero-order chi connectivity index (χ0) is 15.5. The van der Waals surface area contributed by atoms with E-state index in [0.717, 1.165) is 19.4 Å². The third kappa shape index (κ3) is 3.01. The van der Waals surface area contributed by atoms with Crippen LogP contribution in [0.15, 0.2) is 29.1 Å². The first-order valence-electron chi connectivity index (χ1n) is 7.49. The number of nitrogens with zero attached hydrogens (tertiary/aromatic N) is 2. The molecule has 1 N–H and O–H groups in total. The maximum absolute atomic E-state index is 12.5. The summed E-state index contributed by atoms with van der Waals surface area (Å²) in [6, 6.07) is 7.16. The molecule has 0 spiro atoms. The van der Waals surface area contributed by atoms with Crippen LogP contribution in [-0.2, 0) is 16.1 Å². The summed E-state index contributed by atoms with van der Waals surface area (Å²) >= 11 is 0. The number of ether oxygens (including phenoxy) is 1. The summed E-state index contributed by atoms with van der Waals surface area (Å²) in [7, 11) is 0. The Kier molecular flexibility index (Phi) is 4.20. The SMILES string of the molecule is Cc1nc2ccccc2c(=O)n1CC(=O)NC[C@H]1CCCO1. The van der Waals surface area contributed by atoms with Crippen LogP contribution in [0.2, 0.25) is 0 Å². The molecular formula is C16H19N3O3. The van der Waals surface area contributed by atoms with Crippen molar-refractivity contribution in [2.24, 2.45) is 0 Å². The molecule has 1 amide bonds. The lowest BCUT2D eigenvalue weighted by molar-refractivity contribution is -0.122. The van der Waals surface area contributed by atoms with Gasteiger partial charge < -0.3 is 10.1 Å². The van der Waals surface area contributed by atoms with Crippen molar-refractivity contribution in [1.29, 1.82) is 0 Å². The number of aryl methyl sites for hydroxylation is 1. The Labute approximate surface area is 128 Å². The number of hydrogen-bond acceptors (Lipinski definition) is 4. The molecule has 22 heavy (non-hydrogen) atoms. The van der Waals surface area contributed by atoms with Crippen LogP contribution in [-0.4, -0.2) is 34.7 Å². The summed E-state index contributed by atoms with van der Waals surface area (Å²) < 4.78 is 6.87. The molecule has 0 aliphatic carbocycles. The largest absolute Gasteiger partial charge is 0.376 e. The maximum atomic E-state index is 12.5. The Hall–Kier alpha value is -2.21. The predicted octanol–water partition coefficient (Wildman–Crippen LogP) is 1.00. The lowest BCUT2D eigenvalue weighted by Gasteiger charge is -2.13. The zero-order valence-corrected chi connectivity index (χ0v) is 12.5. The normalized spacial score (nSPS) is 17.8. The number of para-hydroxylation sites is 1. The molecule has 6 nitrogen and oxygen atoms in total. The second-order valence-electron chi connectivity index (χ2n) is 5.51. The summed E-state index contributed by atoms with van der Waals surface area (Å²) in [5.41, 5.74) is 0.469. The van der Waals surface area contributed by atoms with Gasteiger partial charge in [-0.2, -0.15) is 0 Å². The summed E-state index contributed by atoms with van der Waals surface area (Å²) in [6.45, 7) is 2.97. The zero-order valence-electron chi connectivity index (χ0n) is 12.5. The molecule has 3 rings (SSSR count). The number of hydrogen-bond donors (Lipinski definition) is 1. The summed E-state index contributed by atoms with van der Waals surface area (Å²) in [5.74, 6) is 0.341. The fraction of sp³-hybridized carbons (Fsp3) is 0.438. The fourth-order valence-corrected chi connectivity index (χ4v) is 2.70. The molecule has 0 unspecified atom stereocenters.